The lowest BCUT2D eigenvalue weighted by atomic mass is 10.2. The fourth-order valence-corrected chi connectivity index (χ4v) is 2.46. The van der Waals surface area contributed by atoms with Gasteiger partial charge in [0.25, 0.3) is 5.91 Å². The fraction of sp³-hybridized carbons (Fsp3) is 0.125. The normalized spacial score (nSPS) is 10.3. The molecule has 0 aliphatic rings. The summed E-state index contributed by atoms with van der Waals surface area (Å²) in [5.74, 6) is -1.92. The minimum absolute atomic E-state index is 0.00571. The van der Waals surface area contributed by atoms with Crippen LogP contribution in [0.3, 0.4) is 0 Å². The summed E-state index contributed by atoms with van der Waals surface area (Å²) in [6.07, 6.45) is 0. The lowest BCUT2D eigenvalue weighted by Crippen LogP contribution is -2.21. The standard InChI is InChI=1S/C16H12BrClFNO3/c1-9-2-5-14(13(18)6-9)20-15(21)8-23-16(22)11-7-10(19)3-4-12(11)17/h2-7H,8H2,1H3,(H,20,21). The minimum atomic E-state index is -0.804. The highest BCUT2D eigenvalue weighted by Crippen LogP contribution is 2.23. The predicted octanol–water partition coefficient (Wildman–Crippen LogP) is 4.35. The van der Waals surface area contributed by atoms with Crippen molar-refractivity contribution in [3.8, 4) is 0 Å². The first-order chi connectivity index (χ1) is 10.9. The summed E-state index contributed by atoms with van der Waals surface area (Å²) < 4.78 is 18.4. The van der Waals surface area contributed by atoms with Gasteiger partial charge in [0.15, 0.2) is 6.61 Å². The highest BCUT2D eigenvalue weighted by Gasteiger charge is 2.15. The molecule has 2 aromatic rings. The van der Waals surface area contributed by atoms with Crippen molar-refractivity contribution in [3.63, 3.8) is 0 Å². The molecule has 120 valence electrons. The van der Waals surface area contributed by atoms with Crippen molar-refractivity contribution in [1.29, 1.82) is 0 Å². The van der Waals surface area contributed by atoms with Crippen LogP contribution in [0.25, 0.3) is 0 Å². The average Bonchev–Trinajstić information content (AvgIpc) is 2.50. The van der Waals surface area contributed by atoms with E-state index in [0.29, 0.717) is 15.2 Å². The number of benzene rings is 2. The summed E-state index contributed by atoms with van der Waals surface area (Å²) in [4.78, 5) is 23.7. The third-order valence-electron chi connectivity index (χ3n) is 2.88. The Balaban J connectivity index is 1.96. The lowest BCUT2D eigenvalue weighted by Gasteiger charge is -2.09. The molecule has 0 spiro atoms. The van der Waals surface area contributed by atoms with Crippen molar-refractivity contribution in [3.05, 3.63) is 62.8 Å². The highest BCUT2D eigenvalue weighted by molar-refractivity contribution is 9.10. The molecule has 1 N–H and O–H groups in total. The van der Waals surface area contributed by atoms with Crippen molar-refractivity contribution < 1.29 is 18.7 Å². The number of hydrogen-bond acceptors (Lipinski definition) is 3. The molecule has 2 rings (SSSR count). The van der Waals surface area contributed by atoms with Gasteiger partial charge < -0.3 is 10.1 Å². The fourth-order valence-electron chi connectivity index (χ4n) is 1.77. The third-order valence-corrected chi connectivity index (χ3v) is 3.89. The van der Waals surface area contributed by atoms with E-state index in [2.05, 4.69) is 21.2 Å². The number of esters is 1. The van der Waals surface area contributed by atoms with Gasteiger partial charge in [-0.15, -0.1) is 0 Å². The highest BCUT2D eigenvalue weighted by atomic mass is 79.9. The van der Waals surface area contributed by atoms with Crippen molar-refractivity contribution >= 4 is 45.1 Å². The molecule has 0 aromatic heterocycles. The Labute approximate surface area is 145 Å². The SMILES string of the molecule is Cc1ccc(NC(=O)COC(=O)c2cc(F)ccc2Br)c(Cl)c1. The quantitative estimate of drug-likeness (QED) is 0.777. The molecule has 4 nitrogen and oxygen atoms in total. The Bertz CT molecular complexity index is 767. The maximum absolute atomic E-state index is 13.1. The Hall–Kier alpha value is -1.92. The molecule has 23 heavy (non-hydrogen) atoms. The molecule has 0 saturated heterocycles. The predicted molar refractivity (Wildman–Crippen MR) is 89.2 cm³/mol. The zero-order valence-corrected chi connectivity index (χ0v) is 14.4. The molecule has 0 unspecified atom stereocenters. The van der Waals surface area contributed by atoms with Crippen LogP contribution in [-0.2, 0) is 9.53 Å². The number of halogens is 3. The summed E-state index contributed by atoms with van der Waals surface area (Å²) in [5.41, 5.74) is 1.38. The second kappa shape index (κ2) is 7.57. The zero-order chi connectivity index (χ0) is 17.0. The number of ether oxygens (including phenoxy) is 1. The summed E-state index contributed by atoms with van der Waals surface area (Å²) in [5, 5.41) is 2.92. The van der Waals surface area contributed by atoms with Crippen LogP contribution in [0, 0.1) is 12.7 Å². The molecule has 0 aliphatic carbocycles. The number of anilines is 1. The van der Waals surface area contributed by atoms with Crippen LogP contribution in [0.15, 0.2) is 40.9 Å². The summed E-state index contributed by atoms with van der Waals surface area (Å²) in [6.45, 7) is 1.36. The molecule has 7 heteroatoms. The lowest BCUT2D eigenvalue weighted by molar-refractivity contribution is -0.119. The van der Waals surface area contributed by atoms with E-state index in [1.807, 2.05) is 6.92 Å². The largest absolute Gasteiger partial charge is 0.452 e. The molecular formula is C16H12BrClFNO3. The number of rotatable bonds is 4. The molecule has 0 fully saturated rings. The van der Waals surface area contributed by atoms with Crippen molar-refractivity contribution in [2.45, 2.75) is 6.92 Å². The van der Waals surface area contributed by atoms with E-state index in [1.165, 1.54) is 12.1 Å². The zero-order valence-electron chi connectivity index (χ0n) is 12.0. The van der Waals surface area contributed by atoms with E-state index >= 15 is 0 Å². The van der Waals surface area contributed by atoms with Gasteiger partial charge in [-0.25, -0.2) is 9.18 Å². The number of aryl methyl sites for hydroxylation is 1. The molecule has 1 amide bonds. The summed E-state index contributed by atoms with van der Waals surface area (Å²) in [7, 11) is 0. The molecular weight excluding hydrogens is 389 g/mol. The van der Waals surface area contributed by atoms with Crippen LogP contribution in [0.5, 0.6) is 0 Å². The van der Waals surface area contributed by atoms with E-state index in [-0.39, 0.29) is 5.56 Å². The van der Waals surface area contributed by atoms with E-state index < -0.39 is 24.3 Å². The molecule has 0 bridgehead atoms. The number of carbonyl (C=O) groups is 2. The van der Waals surface area contributed by atoms with E-state index in [9.17, 15) is 14.0 Å². The first kappa shape index (κ1) is 17.4. The van der Waals surface area contributed by atoms with Crippen LogP contribution in [0.2, 0.25) is 5.02 Å². The smallest absolute Gasteiger partial charge is 0.339 e. The van der Waals surface area contributed by atoms with Gasteiger partial charge in [-0.1, -0.05) is 17.7 Å². The van der Waals surface area contributed by atoms with Crippen molar-refractivity contribution in [2.24, 2.45) is 0 Å². The molecule has 0 saturated carbocycles. The number of carbonyl (C=O) groups excluding carboxylic acids is 2. The van der Waals surface area contributed by atoms with Gasteiger partial charge in [0, 0.05) is 4.47 Å². The second-order valence-corrected chi connectivity index (χ2v) is 5.99. The number of hydrogen-bond donors (Lipinski definition) is 1. The van der Waals surface area contributed by atoms with Crippen LogP contribution in [0.1, 0.15) is 15.9 Å². The van der Waals surface area contributed by atoms with Crippen LogP contribution < -0.4 is 5.32 Å². The number of nitrogens with one attached hydrogen (secondary N) is 1. The van der Waals surface area contributed by atoms with Gasteiger partial charge in [0.05, 0.1) is 16.3 Å². The van der Waals surface area contributed by atoms with Crippen LogP contribution in [0.4, 0.5) is 10.1 Å². The molecule has 0 atom stereocenters. The first-order valence-corrected chi connectivity index (χ1v) is 7.72. The Morgan fingerprint density at radius 2 is 2.00 bits per heavy atom. The topological polar surface area (TPSA) is 55.4 Å². The van der Waals surface area contributed by atoms with Gasteiger partial charge in [0.1, 0.15) is 5.82 Å². The van der Waals surface area contributed by atoms with Gasteiger partial charge in [-0.2, -0.15) is 0 Å². The molecule has 0 aliphatic heterocycles. The molecule has 0 heterocycles. The van der Waals surface area contributed by atoms with Crippen LogP contribution >= 0.6 is 27.5 Å². The van der Waals surface area contributed by atoms with Gasteiger partial charge >= 0.3 is 5.97 Å². The Kier molecular flexibility index (Phi) is 5.74. The maximum atomic E-state index is 13.1. The summed E-state index contributed by atoms with van der Waals surface area (Å²) in [6, 6.07) is 8.76. The first-order valence-electron chi connectivity index (χ1n) is 6.55. The van der Waals surface area contributed by atoms with Gasteiger partial charge in [-0.3, -0.25) is 4.79 Å². The van der Waals surface area contributed by atoms with Gasteiger partial charge in [0.2, 0.25) is 0 Å². The Morgan fingerprint density at radius 3 is 2.70 bits per heavy atom. The maximum Gasteiger partial charge on any atom is 0.339 e. The molecule has 2 aromatic carbocycles. The average molecular weight is 401 g/mol. The van der Waals surface area contributed by atoms with Crippen molar-refractivity contribution in [1.82, 2.24) is 0 Å². The number of amides is 1. The van der Waals surface area contributed by atoms with Crippen LogP contribution in [-0.4, -0.2) is 18.5 Å². The van der Waals surface area contributed by atoms with Gasteiger partial charge in [-0.05, 0) is 58.7 Å². The van der Waals surface area contributed by atoms with E-state index in [1.54, 1.807) is 18.2 Å². The minimum Gasteiger partial charge on any atom is -0.452 e. The van der Waals surface area contributed by atoms with E-state index in [4.69, 9.17) is 16.3 Å². The third kappa shape index (κ3) is 4.77. The Morgan fingerprint density at radius 1 is 1.26 bits per heavy atom. The summed E-state index contributed by atoms with van der Waals surface area (Å²) >= 11 is 9.12. The molecule has 0 radical (unpaired) electrons. The van der Waals surface area contributed by atoms with E-state index in [0.717, 1.165) is 11.6 Å². The monoisotopic (exact) mass is 399 g/mol. The second-order valence-electron chi connectivity index (χ2n) is 4.73. The van der Waals surface area contributed by atoms with Crippen molar-refractivity contribution in [2.75, 3.05) is 11.9 Å².